The number of rotatable bonds is 6. The second kappa shape index (κ2) is 14.5. The van der Waals surface area contributed by atoms with Gasteiger partial charge in [0, 0.05) is 43.9 Å². The molecule has 0 spiro atoms. The van der Waals surface area contributed by atoms with Crippen molar-refractivity contribution in [3.63, 3.8) is 0 Å². The Balaban J connectivity index is 1.11. The average Bonchev–Trinajstić information content (AvgIpc) is 3.91. The summed E-state index contributed by atoms with van der Waals surface area (Å²) in [6.07, 6.45) is 0. The summed E-state index contributed by atoms with van der Waals surface area (Å²) in [6.45, 7) is 0. The molecule has 4 nitrogen and oxygen atoms in total. The van der Waals surface area contributed by atoms with E-state index in [9.17, 15) is 0 Å². The summed E-state index contributed by atoms with van der Waals surface area (Å²) in [5.41, 5.74) is 14.2. The van der Waals surface area contributed by atoms with E-state index in [2.05, 4.69) is 211 Å². The van der Waals surface area contributed by atoms with Gasteiger partial charge in [0.25, 0.3) is 0 Å². The number of aromatic nitrogens is 3. The number of para-hydroxylation sites is 2. The van der Waals surface area contributed by atoms with Gasteiger partial charge >= 0.3 is 0 Å². The summed E-state index contributed by atoms with van der Waals surface area (Å²) in [6, 6.07) is 80.0. The first kappa shape index (κ1) is 36.1. The number of nitrogens with zero attached hydrogens (tertiary/aromatic N) is 3. The van der Waals surface area contributed by atoms with Crippen molar-refractivity contribution in [1.82, 2.24) is 14.5 Å². The van der Waals surface area contributed by atoms with Crippen molar-refractivity contribution in [2.24, 2.45) is 0 Å². The van der Waals surface area contributed by atoms with Crippen LogP contribution >= 0.6 is 0 Å². The molecule has 0 radical (unpaired) electrons. The van der Waals surface area contributed by atoms with E-state index in [1.807, 2.05) is 18.2 Å². The van der Waals surface area contributed by atoms with Gasteiger partial charge in [0.05, 0.1) is 22.4 Å². The lowest BCUT2D eigenvalue weighted by atomic mass is 9.92. The first-order valence-corrected chi connectivity index (χ1v) is 21.7. The molecule has 10 aromatic carbocycles. The fraction of sp³-hybridized carbons (Fsp3) is 0. The van der Waals surface area contributed by atoms with E-state index in [0.29, 0.717) is 5.82 Å². The van der Waals surface area contributed by atoms with Crippen molar-refractivity contribution < 1.29 is 4.42 Å². The Hall–Kier alpha value is -8.60. The van der Waals surface area contributed by atoms with Gasteiger partial charge in [0.15, 0.2) is 5.82 Å². The SMILES string of the molecule is c1ccc(-c2ccc3c4ccccc4n(-c4cc(-c5nc(-c6ccccc6)cc(-c6ccc7oc8ccccc8c7c6)n5)cc(-c5cc6ccccc6c6ccccc56)c4)c3c2)cc1. The van der Waals surface area contributed by atoms with Crippen molar-refractivity contribution in [3.05, 3.63) is 224 Å². The fourth-order valence-corrected chi connectivity index (χ4v) is 9.74. The second-order valence-corrected chi connectivity index (χ2v) is 16.5. The highest BCUT2D eigenvalue weighted by molar-refractivity contribution is 6.15. The van der Waals surface area contributed by atoms with Crippen molar-refractivity contribution in [1.29, 1.82) is 0 Å². The fourth-order valence-electron chi connectivity index (χ4n) is 9.74. The largest absolute Gasteiger partial charge is 0.456 e. The molecule has 0 N–H and O–H groups in total. The maximum atomic E-state index is 6.25. The molecule has 64 heavy (non-hydrogen) atoms. The third kappa shape index (κ3) is 5.92. The lowest BCUT2D eigenvalue weighted by Gasteiger charge is -2.17. The zero-order chi connectivity index (χ0) is 42.1. The molecule has 3 heterocycles. The number of hydrogen-bond acceptors (Lipinski definition) is 3. The van der Waals surface area contributed by atoms with Crippen molar-refractivity contribution in [3.8, 4) is 61.8 Å². The summed E-state index contributed by atoms with van der Waals surface area (Å²) >= 11 is 0. The van der Waals surface area contributed by atoms with E-state index < -0.39 is 0 Å². The molecule has 0 aliphatic heterocycles. The minimum absolute atomic E-state index is 0.646. The van der Waals surface area contributed by atoms with Gasteiger partial charge < -0.3 is 8.98 Å². The Labute approximate surface area is 369 Å². The Morgan fingerprint density at radius 1 is 0.312 bits per heavy atom. The number of fused-ring (bicyclic) bond motifs is 9. The summed E-state index contributed by atoms with van der Waals surface area (Å²) in [7, 11) is 0. The highest BCUT2D eigenvalue weighted by Gasteiger charge is 2.20. The van der Waals surface area contributed by atoms with Crippen LogP contribution in [0, 0.1) is 0 Å². The third-order valence-corrected chi connectivity index (χ3v) is 12.8. The topological polar surface area (TPSA) is 43.9 Å². The number of hydrogen-bond donors (Lipinski definition) is 0. The summed E-state index contributed by atoms with van der Waals surface area (Å²) < 4.78 is 8.67. The molecule has 13 aromatic rings. The van der Waals surface area contributed by atoms with Crippen LogP contribution in [0.3, 0.4) is 0 Å². The van der Waals surface area contributed by atoms with Gasteiger partial charge in [-0.15, -0.1) is 0 Å². The predicted molar refractivity (Wildman–Crippen MR) is 266 cm³/mol. The van der Waals surface area contributed by atoms with Crippen LogP contribution in [0.2, 0.25) is 0 Å². The molecule has 0 atom stereocenters. The molecule has 3 aromatic heterocycles. The van der Waals surface area contributed by atoms with E-state index in [1.165, 1.54) is 43.4 Å². The molecule has 0 amide bonds. The van der Waals surface area contributed by atoms with Crippen molar-refractivity contribution >= 4 is 65.3 Å². The van der Waals surface area contributed by atoms with Crippen LogP contribution in [-0.4, -0.2) is 14.5 Å². The maximum Gasteiger partial charge on any atom is 0.160 e. The summed E-state index contributed by atoms with van der Waals surface area (Å²) in [4.78, 5) is 10.9. The monoisotopic (exact) mass is 815 g/mol. The van der Waals surface area contributed by atoms with E-state index in [4.69, 9.17) is 14.4 Å². The average molecular weight is 816 g/mol. The Morgan fingerprint density at radius 2 is 0.922 bits per heavy atom. The van der Waals surface area contributed by atoms with Gasteiger partial charge in [-0.25, -0.2) is 9.97 Å². The Kier molecular flexibility index (Phi) is 8.18. The molecule has 0 aliphatic carbocycles. The van der Waals surface area contributed by atoms with Crippen LogP contribution in [0.15, 0.2) is 229 Å². The Morgan fingerprint density at radius 3 is 1.75 bits per heavy atom. The molecule has 0 saturated heterocycles. The molecule has 13 rings (SSSR count). The maximum absolute atomic E-state index is 6.25. The molecule has 0 saturated carbocycles. The van der Waals surface area contributed by atoms with Gasteiger partial charge in [0.1, 0.15) is 11.2 Å². The molecular weight excluding hydrogens is 779 g/mol. The van der Waals surface area contributed by atoms with Crippen molar-refractivity contribution in [2.45, 2.75) is 0 Å². The minimum atomic E-state index is 0.646. The normalized spacial score (nSPS) is 11.8. The zero-order valence-corrected chi connectivity index (χ0v) is 34.6. The van der Waals surface area contributed by atoms with Gasteiger partial charge in [-0.1, -0.05) is 158 Å². The first-order valence-electron chi connectivity index (χ1n) is 21.7. The van der Waals surface area contributed by atoms with Crippen LogP contribution in [0.5, 0.6) is 0 Å². The van der Waals surface area contributed by atoms with E-state index in [0.717, 1.165) is 77.9 Å². The van der Waals surface area contributed by atoms with E-state index >= 15 is 0 Å². The van der Waals surface area contributed by atoms with E-state index in [-0.39, 0.29) is 0 Å². The number of benzene rings is 10. The Bertz CT molecular complexity index is 3960. The highest BCUT2D eigenvalue weighted by atomic mass is 16.3. The quantitative estimate of drug-likeness (QED) is 0.157. The third-order valence-electron chi connectivity index (χ3n) is 12.8. The molecular formula is C60H37N3O. The van der Waals surface area contributed by atoms with Crippen molar-refractivity contribution in [2.75, 3.05) is 0 Å². The predicted octanol–water partition coefficient (Wildman–Crippen LogP) is 16.1. The van der Waals surface area contributed by atoms with Gasteiger partial charge in [-0.2, -0.15) is 0 Å². The lowest BCUT2D eigenvalue weighted by Crippen LogP contribution is -2.00. The smallest absolute Gasteiger partial charge is 0.160 e. The highest BCUT2D eigenvalue weighted by Crippen LogP contribution is 2.41. The molecule has 0 aliphatic rings. The lowest BCUT2D eigenvalue weighted by molar-refractivity contribution is 0.669. The van der Waals surface area contributed by atoms with Gasteiger partial charge in [-0.3, -0.25) is 0 Å². The van der Waals surface area contributed by atoms with Crippen LogP contribution in [-0.2, 0) is 0 Å². The molecule has 298 valence electrons. The summed E-state index contributed by atoms with van der Waals surface area (Å²) in [5.74, 6) is 0.646. The van der Waals surface area contributed by atoms with E-state index in [1.54, 1.807) is 0 Å². The standard InChI is InChI=1S/C60H37N3O/c1-3-15-38(16-4-1)40-27-29-50-49-23-11-13-25-56(49)63(57(50)36-40)45-32-43(52-34-41-19-7-8-20-46(41)47-21-9-10-22-48(47)52)31-44(33-45)60-61-54(39-17-5-2-6-18-39)37-55(62-60)42-28-30-59-53(35-42)51-24-12-14-26-58(51)64-59/h1-37H. The second-order valence-electron chi connectivity index (χ2n) is 16.5. The van der Waals surface area contributed by atoms with Gasteiger partial charge in [0.2, 0.25) is 0 Å². The molecule has 0 unspecified atom stereocenters. The van der Waals surface area contributed by atoms with Crippen LogP contribution in [0.1, 0.15) is 0 Å². The number of furan rings is 1. The van der Waals surface area contributed by atoms with Gasteiger partial charge in [-0.05, 0) is 111 Å². The first-order chi connectivity index (χ1) is 31.7. The zero-order valence-electron chi connectivity index (χ0n) is 34.6. The molecule has 0 bridgehead atoms. The molecule has 0 fully saturated rings. The minimum Gasteiger partial charge on any atom is -0.456 e. The van der Waals surface area contributed by atoms with Crippen LogP contribution in [0.4, 0.5) is 0 Å². The summed E-state index contributed by atoms with van der Waals surface area (Å²) in [5, 5.41) is 9.38. The van der Waals surface area contributed by atoms with Crippen LogP contribution in [0.25, 0.3) is 127 Å². The van der Waals surface area contributed by atoms with Crippen LogP contribution < -0.4 is 0 Å². The molecule has 4 heteroatoms.